The third-order valence-electron chi connectivity index (χ3n) is 3.39. The molecule has 12 heteroatoms. The molecule has 28 heavy (non-hydrogen) atoms. The first-order valence-corrected chi connectivity index (χ1v) is 9.27. The average Bonchev–Trinajstić information content (AvgIpc) is 2.57. The molecule has 0 aliphatic carbocycles. The van der Waals surface area contributed by atoms with E-state index in [-0.39, 0.29) is 16.3 Å². The number of oxime groups is 1. The van der Waals surface area contributed by atoms with Crippen molar-refractivity contribution in [2.75, 3.05) is 4.72 Å². The molecule has 0 saturated heterocycles. The fourth-order valence-electron chi connectivity index (χ4n) is 2.02. The van der Waals surface area contributed by atoms with E-state index in [0.717, 1.165) is 30.3 Å². The molecule has 1 N–H and O–H groups in total. The maximum atomic E-state index is 13.5. The first-order valence-electron chi connectivity index (χ1n) is 7.41. The van der Waals surface area contributed by atoms with Crippen LogP contribution in [0.2, 0.25) is 5.02 Å². The zero-order valence-electron chi connectivity index (χ0n) is 14.0. The van der Waals surface area contributed by atoms with Gasteiger partial charge in [-0.15, -0.1) is 0 Å². The summed E-state index contributed by atoms with van der Waals surface area (Å²) in [7, 11) is -5.68. The van der Waals surface area contributed by atoms with E-state index in [1.165, 1.54) is 17.7 Å². The SMILES string of the molecule is CC(=NOCc1c(F)cccc1F)c1cc(Cl)ccc1NS(=O)(=O)C(F)(F)F. The first-order chi connectivity index (χ1) is 12.9. The Kier molecular flexibility index (Phi) is 6.50. The van der Waals surface area contributed by atoms with Gasteiger partial charge in [-0.25, -0.2) is 8.78 Å². The minimum atomic E-state index is -5.68. The number of alkyl halides is 3. The Hall–Kier alpha value is -2.40. The zero-order valence-corrected chi connectivity index (χ0v) is 15.6. The molecule has 0 aliphatic rings. The van der Waals surface area contributed by atoms with Gasteiger partial charge in [0.05, 0.1) is 17.0 Å². The third kappa shape index (κ3) is 5.10. The molecule has 0 heterocycles. The zero-order chi connectivity index (χ0) is 21.1. The lowest BCUT2D eigenvalue weighted by atomic mass is 10.1. The van der Waals surface area contributed by atoms with E-state index in [2.05, 4.69) is 5.16 Å². The van der Waals surface area contributed by atoms with E-state index in [1.54, 1.807) is 0 Å². The van der Waals surface area contributed by atoms with E-state index in [1.807, 2.05) is 0 Å². The van der Waals surface area contributed by atoms with Gasteiger partial charge in [-0.05, 0) is 37.3 Å². The van der Waals surface area contributed by atoms with Crippen molar-refractivity contribution in [2.45, 2.75) is 19.0 Å². The van der Waals surface area contributed by atoms with Crippen LogP contribution < -0.4 is 4.72 Å². The molecule has 0 bridgehead atoms. The van der Waals surface area contributed by atoms with Crippen molar-refractivity contribution < 1.29 is 35.2 Å². The van der Waals surface area contributed by atoms with Crippen molar-refractivity contribution >= 4 is 33.0 Å². The number of nitrogens with zero attached hydrogens (tertiary/aromatic N) is 1. The van der Waals surface area contributed by atoms with Gasteiger partial charge in [0.1, 0.15) is 18.2 Å². The van der Waals surface area contributed by atoms with Crippen LogP contribution in [0.5, 0.6) is 0 Å². The molecule has 5 nitrogen and oxygen atoms in total. The van der Waals surface area contributed by atoms with Gasteiger partial charge in [-0.3, -0.25) is 4.72 Å². The second kappa shape index (κ2) is 8.31. The number of benzene rings is 2. The van der Waals surface area contributed by atoms with E-state index in [4.69, 9.17) is 16.4 Å². The molecule has 152 valence electrons. The molecule has 2 rings (SSSR count). The molecule has 0 radical (unpaired) electrons. The van der Waals surface area contributed by atoms with Gasteiger partial charge < -0.3 is 4.84 Å². The molecule has 0 amide bonds. The normalized spacial score (nSPS) is 12.8. The Labute approximate surface area is 161 Å². The van der Waals surface area contributed by atoms with Gasteiger partial charge in [0.25, 0.3) is 0 Å². The Balaban J connectivity index is 2.28. The Morgan fingerprint density at radius 1 is 1.18 bits per heavy atom. The topological polar surface area (TPSA) is 67.8 Å². The first kappa shape index (κ1) is 21.9. The van der Waals surface area contributed by atoms with Crippen molar-refractivity contribution in [1.29, 1.82) is 0 Å². The highest BCUT2D eigenvalue weighted by molar-refractivity contribution is 7.93. The van der Waals surface area contributed by atoms with Crippen LogP contribution in [0.1, 0.15) is 18.1 Å². The smallest absolute Gasteiger partial charge is 0.390 e. The second-order valence-corrected chi connectivity index (χ2v) is 7.50. The molecule has 0 aromatic heterocycles. The lowest BCUT2D eigenvalue weighted by molar-refractivity contribution is -0.0429. The quantitative estimate of drug-likeness (QED) is 0.396. The van der Waals surface area contributed by atoms with Crippen molar-refractivity contribution in [3.63, 3.8) is 0 Å². The van der Waals surface area contributed by atoms with Crippen molar-refractivity contribution in [3.8, 4) is 0 Å². The number of anilines is 1. The molecule has 0 spiro atoms. The van der Waals surface area contributed by atoms with Gasteiger partial charge in [0, 0.05) is 10.6 Å². The number of nitrogens with one attached hydrogen (secondary N) is 1. The highest BCUT2D eigenvalue weighted by atomic mass is 35.5. The Morgan fingerprint density at radius 2 is 1.79 bits per heavy atom. The summed E-state index contributed by atoms with van der Waals surface area (Å²) in [5.74, 6) is -1.73. The molecule has 2 aromatic rings. The van der Waals surface area contributed by atoms with Crippen LogP contribution >= 0.6 is 11.6 Å². The summed E-state index contributed by atoms with van der Waals surface area (Å²) in [5, 5.41) is 3.66. The van der Waals surface area contributed by atoms with Gasteiger partial charge in [0.15, 0.2) is 0 Å². The minimum Gasteiger partial charge on any atom is -0.390 e. The van der Waals surface area contributed by atoms with E-state index >= 15 is 0 Å². The molecule has 0 atom stereocenters. The standard InChI is InChI=1S/C16H12ClF5N2O3S/c1-9(23-27-8-12-13(18)3-2-4-14(12)19)11-7-10(17)5-6-15(11)24-28(25,26)16(20,21)22/h2-7,24H,8H2,1H3. The van der Waals surface area contributed by atoms with Crippen LogP contribution in [-0.2, 0) is 21.5 Å². The van der Waals surface area contributed by atoms with Gasteiger partial charge in [-0.1, -0.05) is 22.8 Å². The minimum absolute atomic E-state index is 0.0830. The van der Waals surface area contributed by atoms with Gasteiger partial charge in [-0.2, -0.15) is 21.6 Å². The summed E-state index contributed by atoms with van der Waals surface area (Å²) in [6.45, 7) is 0.689. The van der Waals surface area contributed by atoms with Crippen molar-refractivity contribution in [3.05, 3.63) is 64.2 Å². The van der Waals surface area contributed by atoms with E-state index in [9.17, 15) is 30.4 Å². The van der Waals surface area contributed by atoms with E-state index in [0.29, 0.717) is 0 Å². The highest BCUT2D eigenvalue weighted by Gasteiger charge is 2.46. The molecule has 0 unspecified atom stereocenters. The number of hydrogen-bond donors (Lipinski definition) is 1. The maximum Gasteiger partial charge on any atom is 0.516 e. The van der Waals surface area contributed by atoms with E-state index < -0.39 is 45.0 Å². The summed E-state index contributed by atoms with van der Waals surface area (Å²) >= 11 is 5.80. The molecular formula is C16H12ClF5N2O3S. The predicted octanol–water partition coefficient (Wildman–Crippen LogP) is 4.82. The largest absolute Gasteiger partial charge is 0.516 e. The Bertz CT molecular complexity index is 990. The second-order valence-electron chi connectivity index (χ2n) is 5.39. The van der Waals surface area contributed by atoms with Crippen LogP contribution in [0.3, 0.4) is 0 Å². The fraction of sp³-hybridized carbons (Fsp3) is 0.188. The predicted molar refractivity (Wildman–Crippen MR) is 93.4 cm³/mol. The molecule has 0 aliphatic heterocycles. The monoisotopic (exact) mass is 442 g/mol. The highest BCUT2D eigenvalue weighted by Crippen LogP contribution is 2.29. The lowest BCUT2D eigenvalue weighted by Gasteiger charge is -2.14. The Morgan fingerprint density at radius 3 is 2.36 bits per heavy atom. The van der Waals surface area contributed by atoms with Crippen LogP contribution in [0, 0.1) is 11.6 Å². The molecular weight excluding hydrogens is 431 g/mol. The fourth-order valence-corrected chi connectivity index (χ4v) is 2.78. The summed E-state index contributed by atoms with van der Waals surface area (Å²) in [6.07, 6.45) is 0. The summed E-state index contributed by atoms with van der Waals surface area (Å²) in [5.41, 5.74) is -6.59. The number of rotatable bonds is 6. The maximum absolute atomic E-state index is 13.5. The summed E-state index contributed by atoms with van der Waals surface area (Å²) in [4.78, 5) is 4.86. The van der Waals surface area contributed by atoms with Crippen LogP contribution in [0.15, 0.2) is 41.6 Å². The van der Waals surface area contributed by atoms with Crippen LogP contribution in [0.25, 0.3) is 0 Å². The van der Waals surface area contributed by atoms with Crippen molar-refractivity contribution in [2.24, 2.45) is 5.16 Å². The number of halogens is 6. The van der Waals surface area contributed by atoms with Crippen LogP contribution in [0.4, 0.5) is 27.6 Å². The van der Waals surface area contributed by atoms with Crippen LogP contribution in [-0.4, -0.2) is 19.6 Å². The number of hydrogen-bond acceptors (Lipinski definition) is 4. The average molecular weight is 443 g/mol. The molecule has 0 saturated carbocycles. The van der Waals surface area contributed by atoms with Crippen molar-refractivity contribution in [1.82, 2.24) is 0 Å². The lowest BCUT2D eigenvalue weighted by Crippen LogP contribution is -2.30. The van der Waals surface area contributed by atoms with Gasteiger partial charge in [0.2, 0.25) is 0 Å². The molecule has 2 aromatic carbocycles. The summed E-state index contributed by atoms with van der Waals surface area (Å²) in [6, 6.07) is 6.52. The summed E-state index contributed by atoms with van der Waals surface area (Å²) < 4.78 is 88.9. The number of sulfonamides is 1. The molecule has 0 fully saturated rings. The van der Waals surface area contributed by atoms with Gasteiger partial charge >= 0.3 is 15.5 Å². The third-order valence-corrected chi connectivity index (χ3v) is 4.73.